The van der Waals surface area contributed by atoms with E-state index in [-0.39, 0.29) is 12.1 Å². The summed E-state index contributed by atoms with van der Waals surface area (Å²) in [4.78, 5) is 0. The first-order chi connectivity index (χ1) is 13.7. The highest BCUT2D eigenvalue weighted by Gasteiger charge is 2.40. The fourth-order valence-electron chi connectivity index (χ4n) is 4.53. The van der Waals surface area contributed by atoms with Gasteiger partial charge in [-0.1, -0.05) is 25.1 Å². The molecule has 4 nitrogen and oxygen atoms in total. The van der Waals surface area contributed by atoms with E-state index in [0.29, 0.717) is 19.1 Å². The van der Waals surface area contributed by atoms with E-state index in [1.54, 1.807) is 0 Å². The highest BCUT2D eigenvalue weighted by molar-refractivity contribution is 5.59. The summed E-state index contributed by atoms with van der Waals surface area (Å²) in [6.45, 7) is 8.31. The third-order valence-corrected chi connectivity index (χ3v) is 5.86. The molecule has 150 valence electrons. The average Bonchev–Trinajstić information content (AvgIpc) is 2.74. The van der Waals surface area contributed by atoms with Crippen molar-refractivity contribution < 1.29 is 14.2 Å². The molecule has 28 heavy (non-hydrogen) atoms. The van der Waals surface area contributed by atoms with E-state index in [4.69, 9.17) is 14.2 Å². The summed E-state index contributed by atoms with van der Waals surface area (Å²) in [6, 6.07) is 13.3. The largest absolute Gasteiger partial charge is 0.490 e. The third-order valence-electron chi connectivity index (χ3n) is 5.86. The van der Waals surface area contributed by atoms with Crippen molar-refractivity contribution in [2.24, 2.45) is 5.92 Å². The van der Waals surface area contributed by atoms with Gasteiger partial charge in [0, 0.05) is 23.8 Å². The molecule has 2 aromatic carbocycles. The molecule has 0 amide bonds. The molecular weight excluding hydrogens is 350 g/mol. The molecule has 2 aliphatic rings. The number of aryl methyl sites for hydroxylation is 1. The molecule has 2 heterocycles. The molecule has 0 unspecified atom stereocenters. The van der Waals surface area contributed by atoms with Gasteiger partial charge in [0.25, 0.3) is 0 Å². The number of benzene rings is 2. The van der Waals surface area contributed by atoms with Crippen LogP contribution in [-0.2, 0) is 11.2 Å². The minimum absolute atomic E-state index is 0.156. The molecule has 4 rings (SSSR count). The lowest BCUT2D eigenvalue weighted by molar-refractivity contribution is -0.0381. The van der Waals surface area contributed by atoms with E-state index in [0.717, 1.165) is 37.4 Å². The molecule has 4 heteroatoms. The summed E-state index contributed by atoms with van der Waals surface area (Å²) in [5, 5.41) is 3.81. The fraction of sp³-hybridized carbons (Fsp3) is 0.500. The van der Waals surface area contributed by atoms with Gasteiger partial charge in [0.1, 0.15) is 0 Å². The normalized spacial score (nSPS) is 23.3. The van der Waals surface area contributed by atoms with Crippen LogP contribution in [0.5, 0.6) is 11.5 Å². The minimum Gasteiger partial charge on any atom is -0.490 e. The van der Waals surface area contributed by atoms with Crippen LogP contribution in [0.1, 0.15) is 62.4 Å². The Hall–Kier alpha value is -2.20. The van der Waals surface area contributed by atoms with Crippen LogP contribution in [0, 0.1) is 5.92 Å². The maximum absolute atomic E-state index is 6.30. The van der Waals surface area contributed by atoms with Crippen LogP contribution < -0.4 is 14.8 Å². The molecule has 1 fully saturated rings. The van der Waals surface area contributed by atoms with Crippen LogP contribution in [0.2, 0.25) is 0 Å². The summed E-state index contributed by atoms with van der Waals surface area (Å²) in [7, 11) is 0. The second-order valence-electron chi connectivity index (χ2n) is 7.57. The smallest absolute Gasteiger partial charge is 0.161 e. The number of hydrogen-bond donors (Lipinski definition) is 1. The number of ether oxygens (including phenoxy) is 3. The summed E-state index contributed by atoms with van der Waals surface area (Å²) in [5.74, 6) is 2.05. The lowest BCUT2D eigenvalue weighted by Gasteiger charge is -2.43. The maximum Gasteiger partial charge on any atom is 0.161 e. The molecular formula is C24H31NO3. The van der Waals surface area contributed by atoms with Gasteiger partial charge in [0.2, 0.25) is 0 Å². The summed E-state index contributed by atoms with van der Waals surface area (Å²) in [5.41, 5.74) is 5.11. The van der Waals surface area contributed by atoms with Crippen molar-refractivity contribution in [3.05, 3.63) is 53.1 Å². The molecule has 1 saturated heterocycles. The van der Waals surface area contributed by atoms with Gasteiger partial charge in [-0.3, -0.25) is 0 Å². The molecule has 0 aromatic heterocycles. The van der Waals surface area contributed by atoms with Gasteiger partial charge in [-0.05, 0) is 62.4 Å². The maximum atomic E-state index is 6.30. The van der Waals surface area contributed by atoms with Crippen LogP contribution >= 0.6 is 0 Å². The van der Waals surface area contributed by atoms with Crippen molar-refractivity contribution in [3.8, 4) is 11.5 Å². The Balaban J connectivity index is 1.72. The molecule has 0 radical (unpaired) electrons. The zero-order valence-electron chi connectivity index (χ0n) is 17.2. The number of rotatable bonds is 6. The standard InChI is InChI=1S/C24H31NO3/c1-4-16-9-11-20-19(14-16)24-18(8-7-13-28-24)23(25-20)17-10-12-21(26-5-2)22(15-17)27-6-3/h9-12,14-15,18,23-25H,4-8,13H2,1-3H3/t18-,23-,24-/m0/s1. The average molecular weight is 382 g/mol. The number of nitrogens with one attached hydrogen (secondary N) is 1. The van der Waals surface area contributed by atoms with Crippen molar-refractivity contribution >= 4 is 5.69 Å². The van der Waals surface area contributed by atoms with Gasteiger partial charge in [0.15, 0.2) is 11.5 Å². The Kier molecular flexibility index (Phi) is 5.77. The Bertz CT molecular complexity index is 819. The van der Waals surface area contributed by atoms with Crippen LogP contribution in [0.25, 0.3) is 0 Å². The SMILES string of the molecule is CCOc1ccc([C@@H]2Nc3ccc(CC)cc3[C@H]3OCCC[C@H]32)cc1OCC. The summed E-state index contributed by atoms with van der Waals surface area (Å²) in [6.07, 6.45) is 3.47. The Morgan fingerprint density at radius 3 is 2.61 bits per heavy atom. The zero-order valence-corrected chi connectivity index (χ0v) is 17.2. The van der Waals surface area contributed by atoms with Gasteiger partial charge >= 0.3 is 0 Å². The first-order valence-electron chi connectivity index (χ1n) is 10.7. The van der Waals surface area contributed by atoms with E-state index in [9.17, 15) is 0 Å². The summed E-state index contributed by atoms with van der Waals surface area (Å²) >= 11 is 0. The molecule has 0 bridgehead atoms. The predicted octanol–water partition coefficient (Wildman–Crippen LogP) is 5.68. The third kappa shape index (κ3) is 3.58. The topological polar surface area (TPSA) is 39.7 Å². The van der Waals surface area contributed by atoms with Crippen molar-refractivity contribution in [2.45, 2.75) is 52.2 Å². The van der Waals surface area contributed by atoms with E-state index < -0.39 is 0 Å². The first-order valence-corrected chi connectivity index (χ1v) is 10.7. The summed E-state index contributed by atoms with van der Waals surface area (Å²) < 4.78 is 17.9. The van der Waals surface area contributed by atoms with E-state index in [2.05, 4.69) is 42.6 Å². The van der Waals surface area contributed by atoms with Crippen molar-refractivity contribution in [1.82, 2.24) is 0 Å². The Labute approximate surface area is 168 Å². The van der Waals surface area contributed by atoms with E-state index in [1.165, 1.54) is 22.4 Å². The number of anilines is 1. The van der Waals surface area contributed by atoms with Crippen LogP contribution in [0.3, 0.4) is 0 Å². The molecule has 2 aliphatic heterocycles. The minimum atomic E-state index is 0.156. The Morgan fingerprint density at radius 1 is 1.00 bits per heavy atom. The molecule has 0 spiro atoms. The number of fused-ring (bicyclic) bond motifs is 3. The lowest BCUT2D eigenvalue weighted by atomic mass is 9.77. The second-order valence-corrected chi connectivity index (χ2v) is 7.57. The lowest BCUT2D eigenvalue weighted by Crippen LogP contribution is -2.36. The Morgan fingerprint density at radius 2 is 1.82 bits per heavy atom. The van der Waals surface area contributed by atoms with E-state index >= 15 is 0 Å². The fourth-order valence-corrected chi connectivity index (χ4v) is 4.53. The molecule has 0 saturated carbocycles. The van der Waals surface area contributed by atoms with Crippen LogP contribution in [-0.4, -0.2) is 19.8 Å². The second kappa shape index (κ2) is 8.44. The van der Waals surface area contributed by atoms with Gasteiger partial charge < -0.3 is 19.5 Å². The van der Waals surface area contributed by atoms with Crippen molar-refractivity contribution in [1.29, 1.82) is 0 Å². The quantitative estimate of drug-likeness (QED) is 0.699. The zero-order chi connectivity index (χ0) is 19.5. The van der Waals surface area contributed by atoms with Crippen LogP contribution in [0.15, 0.2) is 36.4 Å². The monoisotopic (exact) mass is 381 g/mol. The number of hydrogen-bond acceptors (Lipinski definition) is 4. The van der Waals surface area contributed by atoms with Gasteiger partial charge in [-0.25, -0.2) is 0 Å². The first kappa shape index (κ1) is 19.1. The van der Waals surface area contributed by atoms with Crippen LogP contribution in [0.4, 0.5) is 5.69 Å². The van der Waals surface area contributed by atoms with Gasteiger partial charge in [0.05, 0.1) is 25.4 Å². The van der Waals surface area contributed by atoms with Gasteiger partial charge in [-0.15, -0.1) is 0 Å². The molecule has 1 N–H and O–H groups in total. The highest BCUT2D eigenvalue weighted by Crippen LogP contribution is 2.50. The van der Waals surface area contributed by atoms with E-state index in [1.807, 2.05) is 19.9 Å². The molecule has 2 aromatic rings. The van der Waals surface area contributed by atoms with Crippen molar-refractivity contribution in [2.75, 3.05) is 25.1 Å². The molecule has 3 atom stereocenters. The van der Waals surface area contributed by atoms with Crippen molar-refractivity contribution in [3.63, 3.8) is 0 Å². The predicted molar refractivity (Wildman–Crippen MR) is 112 cm³/mol. The molecule has 0 aliphatic carbocycles. The van der Waals surface area contributed by atoms with Gasteiger partial charge in [-0.2, -0.15) is 0 Å². The highest BCUT2D eigenvalue weighted by atomic mass is 16.5.